The first-order valence-corrected chi connectivity index (χ1v) is 13.7. The number of nitrogens with two attached hydrogens (primary N) is 1. The standard InChI is InChI=1S/C28H42N6O4/c1-33-23(31-25-24(33)27(36)32-28(37)34(25)2)17-13-8-6-4-3-5-7-9-14-18-30-26(35)22(29)20-38-19-21-15-11-10-12-16-21/h10-12,15-16,22H,3-9,13-14,17-20,29H2,1-2H3,(H,30,35)(H,32,36,37). The highest BCUT2D eigenvalue weighted by Gasteiger charge is 2.14. The van der Waals surface area contributed by atoms with E-state index in [2.05, 4.69) is 15.3 Å². The topological polar surface area (TPSA) is 137 Å². The lowest BCUT2D eigenvalue weighted by atomic mass is 10.1. The lowest BCUT2D eigenvalue weighted by Gasteiger charge is -2.13. The molecule has 38 heavy (non-hydrogen) atoms. The Morgan fingerprint density at radius 1 is 0.974 bits per heavy atom. The molecular formula is C28H42N6O4. The number of hydrogen-bond acceptors (Lipinski definition) is 6. The minimum atomic E-state index is -0.647. The molecule has 0 aliphatic rings. The summed E-state index contributed by atoms with van der Waals surface area (Å²) >= 11 is 0. The summed E-state index contributed by atoms with van der Waals surface area (Å²) in [6, 6.07) is 9.18. The first kappa shape index (κ1) is 29.3. The molecule has 10 heteroatoms. The van der Waals surface area contributed by atoms with Gasteiger partial charge in [0, 0.05) is 27.1 Å². The average molecular weight is 527 g/mol. The summed E-state index contributed by atoms with van der Waals surface area (Å²) in [6.45, 7) is 1.31. The van der Waals surface area contributed by atoms with E-state index in [1.807, 2.05) is 37.4 Å². The molecule has 0 radical (unpaired) electrons. The van der Waals surface area contributed by atoms with Crippen LogP contribution in [0.4, 0.5) is 0 Å². The third kappa shape index (κ3) is 8.66. The van der Waals surface area contributed by atoms with Gasteiger partial charge in [-0.15, -0.1) is 0 Å². The molecule has 1 aromatic carbocycles. The fourth-order valence-corrected chi connectivity index (χ4v) is 4.52. The van der Waals surface area contributed by atoms with E-state index >= 15 is 0 Å². The number of H-pyrrole nitrogens is 1. The Bertz CT molecular complexity index is 1260. The fourth-order valence-electron chi connectivity index (χ4n) is 4.52. The summed E-state index contributed by atoms with van der Waals surface area (Å²) < 4.78 is 8.72. The van der Waals surface area contributed by atoms with Crippen molar-refractivity contribution in [1.29, 1.82) is 0 Å². The Kier molecular flexibility index (Phi) is 11.8. The number of benzene rings is 1. The largest absolute Gasteiger partial charge is 0.375 e. The molecular weight excluding hydrogens is 484 g/mol. The van der Waals surface area contributed by atoms with Crippen LogP contribution >= 0.6 is 0 Å². The second-order valence-corrected chi connectivity index (χ2v) is 9.91. The molecule has 2 aromatic heterocycles. The van der Waals surface area contributed by atoms with E-state index in [1.54, 1.807) is 11.6 Å². The molecule has 4 N–H and O–H groups in total. The molecule has 0 aliphatic heterocycles. The Morgan fingerprint density at radius 2 is 1.61 bits per heavy atom. The number of nitrogens with one attached hydrogen (secondary N) is 2. The third-order valence-electron chi connectivity index (χ3n) is 6.85. The van der Waals surface area contributed by atoms with E-state index in [4.69, 9.17) is 10.5 Å². The van der Waals surface area contributed by atoms with Crippen molar-refractivity contribution in [3.63, 3.8) is 0 Å². The maximum absolute atomic E-state index is 12.1. The first-order chi connectivity index (χ1) is 18.4. The number of fused-ring (bicyclic) bond motifs is 1. The van der Waals surface area contributed by atoms with Crippen LogP contribution in [0.1, 0.15) is 69.2 Å². The Balaban J connectivity index is 1.17. The summed E-state index contributed by atoms with van der Waals surface area (Å²) in [5, 5.41) is 2.90. The summed E-state index contributed by atoms with van der Waals surface area (Å²) in [5.74, 6) is 0.673. The predicted octanol–water partition coefficient (Wildman–Crippen LogP) is 2.67. The van der Waals surface area contributed by atoms with Gasteiger partial charge in [0.05, 0.1) is 13.2 Å². The van der Waals surface area contributed by atoms with E-state index < -0.39 is 11.7 Å². The molecule has 3 rings (SSSR count). The normalized spacial score (nSPS) is 12.2. The van der Waals surface area contributed by atoms with Crippen LogP contribution in [0.2, 0.25) is 0 Å². The number of aromatic amines is 1. The van der Waals surface area contributed by atoms with E-state index in [1.165, 1.54) is 30.3 Å². The van der Waals surface area contributed by atoms with Crippen LogP contribution in [0.3, 0.4) is 0 Å². The third-order valence-corrected chi connectivity index (χ3v) is 6.85. The van der Waals surface area contributed by atoms with Gasteiger partial charge >= 0.3 is 5.69 Å². The van der Waals surface area contributed by atoms with Gasteiger partial charge in [-0.25, -0.2) is 9.78 Å². The monoisotopic (exact) mass is 526 g/mol. The lowest BCUT2D eigenvalue weighted by molar-refractivity contribution is -0.123. The molecule has 208 valence electrons. The zero-order chi connectivity index (χ0) is 27.3. The predicted molar refractivity (Wildman–Crippen MR) is 149 cm³/mol. The minimum absolute atomic E-state index is 0.160. The number of unbranched alkanes of at least 4 members (excludes halogenated alkanes) is 8. The number of amides is 1. The number of hydrogen-bond donors (Lipinski definition) is 3. The Labute approximate surface area is 223 Å². The Morgan fingerprint density at radius 3 is 2.29 bits per heavy atom. The van der Waals surface area contributed by atoms with E-state index in [0.717, 1.165) is 49.9 Å². The van der Waals surface area contributed by atoms with Crippen molar-refractivity contribution in [3.8, 4) is 0 Å². The SMILES string of the molecule is Cn1c(CCCCCCCCCCCNC(=O)C(N)COCc2ccccc2)nc2c1c(=O)[nH]c(=O)n2C. The molecule has 0 aliphatic carbocycles. The smallest absolute Gasteiger partial charge is 0.329 e. The van der Waals surface area contributed by atoms with Crippen molar-refractivity contribution in [3.05, 3.63) is 62.6 Å². The van der Waals surface area contributed by atoms with Crippen LogP contribution in [0.5, 0.6) is 0 Å². The van der Waals surface area contributed by atoms with Gasteiger partial charge in [-0.1, -0.05) is 75.3 Å². The van der Waals surface area contributed by atoms with E-state index in [0.29, 0.717) is 24.3 Å². The number of carbonyl (C=O) groups excluding carboxylic acids is 1. The van der Waals surface area contributed by atoms with Gasteiger partial charge in [0.15, 0.2) is 11.2 Å². The van der Waals surface area contributed by atoms with Crippen molar-refractivity contribution in [1.82, 2.24) is 24.4 Å². The highest BCUT2D eigenvalue weighted by atomic mass is 16.5. The molecule has 0 fully saturated rings. The zero-order valence-electron chi connectivity index (χ0n) is 22.7. The van der Waals surface area contributed by atoms with Crippen LogP contribution in [0.25, 0.3) is 11.2 Å². The molecule has 2 heterocycles. The van der Waals surface area contributed by atoms with Crippen LogP contribution < -0.4 is 22.3 Å². The van der Waals surface area contributed by atoms with Crippen LogP contribution in [0.15, 0.2) is 39.9 Å². The molecule has 1 unspecified atom stereocenters. The second-order valence-electron chi connectivity index (χ2n) is 9.91. The fraction of sp³-hybridized carbons (Fsp3) is 0.571. The summed E-state index contributed by atoms with van der Waals surface area (Å²) in [5.41, 5.74) is 7.03. The molecule has 0 spiro atoms. The zero-order valence-corrected chi connectivity index (χ0v) is 22.7. The minimum Gasteiger partial charge on any atom is -0.375 e. The van der Waals surface area contributed by atoms with Crippen molar-refractivity contribution in [2.45, 2.75) is 76.9 Å². The number of aromatic nitrogens is 4. The molecule has 3 aromatic rings. The van der Waals surface area contributed by atoms with Crippen LogP contribution in [-0.2, 0) is 36.7 Å². The number of carbonyl (C=O) groups is 1. The number of rotatable bonds is 17. The molecule has 0 bridgehead atoms. The van der Waals surface area contributed by atoms with Gasteiger partial charge in [-0.2, -0.15) is 0 Å². The lowest BCUT2D eigenvalue weighted by Crippen LogP contribution is -2.43. The number of imidazole rings is 1. The van der Waals surface area contributed by atoms with Crippen molar-refractivity contribution >= 4 is 17.1 Å². The average Bonchev–Trinajstić information content (AvgIpc) is 3.24. The highest BCUT2D eigenvalue weighted by molar-refractivity contribution is 5.81. The molecule has 1 atom stereocenters. The van der Waals surface area contributed by atoms with E-state index in [-0.39, 0.29) is 18.1 Å². The van der Waals surface area contributed by atoms with Crippen LogP contribution in [-0.4, -0.2) is 44.2 Å². The molecule has 0 saturated carbocycles. The van der Waals surface area contributed by atoms with Gasteiger partial charge in [-0.3, -0.25) is 19.1 Å². The first-order valence-electron chi connectivity index (χ1n) is 13.7. The molecule has 0 saturated heterocycles. The van der Waals surface area contributed by atoms with Gasteiger partial charge in [0.2, 0.25) is 5.91 Å². The summed E-state index contributed by atoms with van der Waals surface area (Å²) in [6.07, 6.45) is 10.9. The number of aryl methyl sites for hydroxylation is 3. The van der Waals surface area contributed by atoms with Crippen molar-refractivity contribution in [2.24, 2.45) is 19.8 Å². The number of nitrogens with zero attached hydrogens (tertiary/aromatic N) is 3. The van der Waals surface area contributed by atoms with Gasteiger partial charge in [0.25, 0.3) is 5.56 Å². The highest BCUT2D eigenvalue weighted by Crippen LogP contribution is 2.14. The number of ether oxygens (including phenoxy) is 1. The quantitative estimate of drug-likeness (QED) is 0.231. The van der Waals surface area contributed by atoms with Crippen molar-refractivity contribution in [2.75, 3.05) is 13.2 Å². The van der Waals surface area contributed by atoms with Gasteiger partial charge in [0.1, 0.15) is 11.9 Å². The second kappa shape index (κ2) is 15.2. The Hall–Kier alpha value is -3.24. The summed E-state index contributed by atoms with van der Waals surface area (Å²) in [4.78, 5) is 42.9. The maximum atomic E-state index is 12.1. The van der Waals surface area contributed by atoms with Gasteiger partial charge in [-0.05, 0) is 18.4 Å². The molecule has 1 amide bonds. The van der Waals surface area contributed by atoms with Gasteiger partial charge < -0.3 is 20.4 Å². The van der Waals surface area contributed by atoms with Crippen molar-refractivity contribution < 1.29 is 9.53 Å². The maximum Gasteiger partial charge on any atom is 0.329 e. The summed E-state index contributed by atoms with van der Waals surface area (Å²) in [7, 11) is 3.44. The van der Waals surface area contributed by atoms with E-state index in [9.17, 15) is 14.4 Å². The molecule has 10 nitrogen and oxygen atoms in total. The van der Waals surface area contributed by atoms with Crippen LogP contribution in [0, 0.1) is 0 Å².